The van der Waals surface area contributed by atoms with Crippen molar-refractivity contribution in [3.63, 3.8) is 0 Å². The molecule has 0 N–H and O–H groups in total. The Kier molecular flexibility index (Phi) is 4.10. The van der Waals surface area contributed by atoms with Gasteiger partial charge in [0.05, 0.1) is 6.20 Å². The van der Waals surface area contributed by atoms with Gasteiger partial charge in [0.1, 0.15) is 24.0 Å². The Morgan fingerprint density at radius 2 is 1.78 bits per heavy atom. The molecule has 2 nitrogen and oxygen atoms in total. The molecule has 0 aliphatic carbocycles. The van der Waals surface area contributed by atoms with Gasteiger partial charge in [-0.05, 0) is 23.8 Å². The highest BCUT2D eigenvalue weighted by Gasteiger charge is 2.03. The Morgan fingerprint density at radius 1 is 1.00 bits per heavy atom. The van der Waals surface area contributed by atoms with Gasteiger partial charge in [-0.15, -0.1) is 11.6 Å². The van der Waals surface area contributed by atoms with E-state index in [2.05, 4.69) is 4.98 Å². The Morgan fingerprint density at radius 3 is 2.50 bits per heavy atom. The van der Waals surface area contributed by atoms with Crippen LogP contribution in [0.1, 0.15) is 11.1 Å². The second kappa shape index (κ2) is 5.78. The maximum Gasteiger partial charge on any atom is 0.141 e. The van der Waals surface area contributed by atoms with Crippen LogP contribution >= 0.6 is 11.6 Å². The number of aromatic nitrogens is 1. The number of ether oxygens (including phenoxy) is 1. The number of hydrogen-bond acceptors (Lipinski definition) is 2. The number of rotatable bonds is 4. The quantitative estimate of drug-likeness (QED) is 0.790. The van der Waals surface area contributed by atoms with Crippen LogP contribution in [0.4, 0.5) is 8.78 Å². The molecule has 0 amide bonds. The number of alkyl halides is 1. The Hall–Kier alpha value is -1.68. The van der Waals surface area contributed by atoms with E-state index in [1.54, 1.807) is 6.07 Å². The summed E-state index contributed by atoms with van der Waals surface area (Å²) in [5, 5.41) is 0. The number of nitrogens with zero attached hydrogens (tertiary/aromatic N) is 1. The number of pyridine rings is 1. The van der Waals surface area contributed by atoms with Gasteiger partial charge in [-0.25, -0.2) is 8.78 Å². The molecule has 18 heavy (non-hydrogen) atoms. The number of halogens is 3. The fraction of sp³-hybridized carbons (Fsp3) is 0.154. The van der Waals surface area contributed by atoms with Crippen molar-refractivity contribution in [3.05, 3.63) is 59.4 Å². The molecule has 5 heteroatoms. The third kappa shape index (κ3) is 3.40. The summed E-state index contributed by atoms with van der Waals surface area (Å²) in [4.78, 5) is 3.70. The summed E-state index contributed by atoms with van der Waals surface area (Å²) in [5.41, 5.74) is 1.20. The summed E-state index contributed by atoms with van der Waals surface area (Å²) in [6.45, 7) is 0.121. The van der Waals surface area contributed by atoms with Gasteiger partial charge in [-0.2, -0.15) is 0 Å². The summed E-state index contributed by atoms with van der Waals surface area (Å²) in [6.07, 6.45) is 2.60. The predicted molar refractivity (Wildman–Crippen MR) is 64.5 cm³/mol. The molecule has 1 aromatic heterocycles. The Balaban J connectivity index is 2.08. The molecule has 0 saturated heterocycles. The topological polar surface area (TPSA) is 22.1 Å². The van der Waals surface area contributed by atoms with Gasteiger partial charge in [0, 0.05) is 23.7 Å². The molecule has 0 atom stereocenters. The Labute approximate surface area is 108 Å². The van der Waals surface area contributed by atoms with E-state index in [9.17, 15) is 8.78 Å². The lowest BCUT2D eigenvalue weighted by atomic mass is 10.2. The first-order valence-electron chi connectivity index (χ1n) is 5.25. The van der Waals surface area contributed by atoms with E-state index < -0.39 is 11.6 Å². The van der Waals surface area contributed by atoms with Crippen molar-refractivity contribution in [2.75, 3.05) is 0 Å². The van der Waals surface area contributed by atoms with Crippen molar-refractivity contribution in [1.29, 1.82) is 0 Å². The van der Waals surface area contributed by atoms with Crippen LogP contribution in [0.2, 0.25) is 0 Å². The van der Waals surface area contributed by atoms with Crippen molar-refractivity contribution in [1.82, 2.24) is 4.98 Å². The monoisotopic (exact) mass is 269 g/mol. The fourth-order valence-electron chi connectivity index (χ4n) is 1.48. The van der Waals surface area contributed by atoms with Crippen LogP contribution in [0.25, 0.3) is 0 Å². The van der Waals surface area contributed by atoms with E-state index >= 15 is 0 Å². The van der Waals surface area contributed by atoms with Crippen molar-refractivity contribution >= 4 is 11.6 Å². The average Bonchev–Trinajstić information content (AvgIpc) is 2.36. The summed E-state index contributed by atoms with van der Waals surface area (Å²) < 4.78 is 31.4. The van der Waals surface area contributed by atoms with Crippen LogP contribution in [0.15, 0.2) is 36.7 Å². The van der Waals surface area contributed by atoms with Crippen LogP contribution in [-0.4, -0.2) is 4.98 Å². The number of hydrogen-bond donors (Lipinski definition) is 0. The van der Waals surface area contributed by atoms with E-state index in [1.165, 1.54) is 24.4 Å². The summed E-state index contributed by atoms with van der Waals surface area (Å²) in [5.74, 6) is -0.289. The highest BCUT2D eigenvalue weighted by molar-refractivity contribution is 6.17. The summed E-state index contributed by atoms with van der Waals surface area (Å²) in [7, 11) is 0. The standard InChI is InChI=1S/C13H10ClF2NO/c14-5-9-1-11(15)4-13(3-9)18-8-10-2-12(16)7-17-6-10/h1-4,6-7H,5,8H2. The molecule has 1 aromatic carbocycles. The van der Waals surface area contributed by atoms with E-state index in [-0.39, 0.29) is 12.5 Å². The second-order valence-corrected chi connectivity index (χ2v) is 4.00. The van der Waals surface area contributed by atoms with Gasteiger partial charge in [-0.1, -0.05) is 0 Å². The molecule has 0 saturated carbocycles. The first kappa shape index (κ1) is 12.8. The maximum absolute atomic E-state index is 13.2. The molecular weight excluding hydrogens is 260 g/mol. The average molecular weight is 270 g/mol. The minimum absolute atomic E-state index is 0.121. The van der Waals surface area contributed by atoms with E-state index in [4.69, 9.17) is 16.3 Å². The van der Waals surface area contributed by atoms with Crippen molar-refractivity contribution < 1.29 is 13.5 Å². The minimum atomic E-state index is -0.434. The molecule has 0 radical (unpaired) electrons. The van der Waals surface area contributed by atoms with Crippen LogP contribution in [-0.2, 0) is 12.5 Å². The molecule has 2 rings (SSSR count). The molecule has 0 bridgehead atoms. The third-order valence-corrected chi connectivity index (χ3v) is 2.56. The smallest absolute Gasteiger partial charge is 0.141 e. The zero-order valence-corrected chi connectivity index (χ0v) is 10.1. The lowest BCUT2D eigenvalue weighted by Gasteiger charge is -2.07. The molecule has 0 spiro atoms. The van der Waals surface area contributed by atoms with Gasteiger partial charge < -0.3 is 4.74 Å². The summed E-state index contributed by atoms with van der Waals surface area (Å²) in [6, 6.07) is 5.55. The van der Waals surface area contributed by atoms with Gasteiger partial charge in [0.2, 0.25) is 0 Å². The molecule has 2 aromatic rings. The lowest BCUT2D eigenvalue weighted by Crippen LogP contribution is -1.98. The molecule has 94 valence electrons. The molecule has 0 unspecified atom stereocenters. The number of benzene rings is 1. The predicted octanol–water partition coefficient (Wildman–Crippen LogP) is 3.68. The molecular formula is C13H10ClF2NO. The highest BCUT2D eigenvalue weighted by atomic mass is 35.5. The molecule has 0 aliphatic heterocycles. The van der Waals surface area contributed by atoms with Crippen LogP contribution in [0.5, 0.6) is 5.75 Å². The minimum Gasteiger partial charge on any atom is -0.489 e. The van der Waals surface area contributed by atoms with Crippen molar-refractivity contribution in [3.8, 4) is 5.75 Å². The zero-order valence-electron chi connectivity index (χ0n) is 9.37. The van der Waals surface area contributed by atoms with Crippen molar-refractivity contribution in [2.24, 2.45) is 0 Å². The molecule has 0 aliphatic rings. The van der Waals surface area contributed by atoms with Crippen LogP contribution in [0.3, 0.4) is 0 Å². The zero-order chi connectivity index (χ0) is 13.0. The third-order valence-electron chi connectivity index (χ3n) is 2.25. The maximum atomic E-state index is 13.2. The largest absolute Gasteiger partial charge is 0.489 e. The molecule has 0 fully saturated rings. The first-order chi connectivity index (χ1) is 8.67. The van der Waals surface area contributed by atoms with Crippen molar-refractivity contribution in [2.45, 2.75) is 12.5 Å². The van der Waals surface area contributed by atoms with E-state index in [0.717, 1.165) is 6.20 Å². The van der Waals surface area contributed by atoms with Gasteiger partial charge in [-0.3, -0.25) is 4.98 Å². The van der Waals surface area contributed by atoms with Gasteiger partial charge in [0.25, 0.3) is 0 Å². The van der Waals surface area contributed by atoms with Gasteiger partial charge in [0.15, 0.2) is 0 Å². The fourth-order valence-corrected chi connectivity index (χ4v) is 1.64. The van der Waals surface area contributed by atoms with Crippen LogP contribution in [0, 0.1) is 11.6 Å². The first-order valence-corrected chi connectivity index (χ1v) is 5.78. The van der Waals surface area contributed by atoms with Gasteiger partial charge >= 0.3 is 0 Å². The second-order valence-electron chi connectivity index (χ2n) is 3.73. The molecule has 1 heterocycles. The lowest BCUT2D eigenvalue weighted by molar-refractivity contribution is 0.303. The highest BCUT2D eigenvalue weighted by Crippen LogP contribution is 2.19. The Bertz CT molecular complexity index is 548. The van der Waals surface area contributed by atoms with E-state index in [1.807, 2.05) is 0 Å². The summed E-state index contributed by atoms with van der Waals surface area (Å²) >= 11 is 5.63. The van der Waals surface area contributed by atoms with Crippen LogP contribution < -0.4 is 4.74 Å². The SMILES string of the molecule is Fc1cncc(COc2cc(F)cc(CCl)c2)c1. The van der Waals surface area contributed by atoms with E-state index in [0.29, 0.717) is 16.9 Å². The normalized spacial score (nSPS) is 10.4.